The van der Waals surface area contributed by atoms with Gasteiger partial charge in [-0.2, -0.15) is 0 Å². The molecule has 2 rings (SSSR count). The Morgan fingerprint density at radius 2 is 2.00 bits per heavy atom. The molecule has 0 saturated heterocycles. The summed E-state index contributed by atoms with van der Waals surface area (Å²) in [6.07, 6.45) is 1.47. The highest BCUT2D eigenvalue weighted by Gasteiger charge is 2.47. The predicted octanol–water partition coefficient (Wildman–Crippen LogP) is 4.13. The zero-order valence-corrected chi connectivity index (χ0v) is 12.9. The Kier molecular flexibility index (Phi) is 4.48. The number of hydrogen-bond acceptors (Lipinski definition) is 3. The minimum absolute atomic E-state index is 0.00722. The zero-order valence-electron chi connectivity index (χ0n) is 12.1. The van der Waals surface area contributed by atoms with Crippen molar-refractivity contribution in [1.82, 2.24) is 0 Å². The molecule has 0 saturated carbocycles. The first-order chi connectivity index (χ1) is 9.58. The van der Waals surface area contributed by atoms with Crippen molar-refractivity contribution in [3.05, 3.63) is 34.9 Å². The highest BCUT2D eigenvalue weighted by atomic mass is 35.5. The first-order valence-electron chi connectivity index (χ1n) is 7.13. The second kappa shape index (κ2) is 5.96. The van der Waals surface area contributed by atoms with E-state index in [0.717, 1.165) is 5.56 Å². The van der Waals surface area contributed by atoms with Gasteiger partial charge < -0.3 is 4.74 Å². The maximum Gasteiger partial charge on any atom is 0.205 e. The van der Waals surface area contributed by atoms with Gasteiger partial charge in [0.25, 0.3) is 0 Å². The summed E-state index contributed by atoms with van der Waals surface area (Å²) in [7, 11) is 0. The largest absolute Gasteiger partial charge is 0.470 e. The fourth-order valence-electron chi connectivity index (χ4n) is 2.64. The van der Waals surface area contributed by atoms with Crippen molar-refractivity contribution in [2.24, 2.45) is 4.99 Å². The average molecular weight is 294 g/mol. The topological polar surface area (TPSA) is 38.7 Å². The van der Waals surface area contributed by atoms with Gasteiger partial charge in [-0.15, -0.1) is 0 Å². The van der Waals surface area contributed by atoms with Crippen LogP contribution in [0.3, 0.4) is 0 Å². The normalized spacial score (nSPS) is 26.1. The summed E-state index contributed by atoms with van der Waals surface area (Å²) in [5, 5.41) is 0.582. The van der Waals surface area contributed by atoms with Gasteiger partial charge >= 0.3 is 0 Å². The van der Waals surface area contributed by atoms with Crippen LogP contribution >= 0.6 is 11.6 Å². The Morgan fingerprint density at radius 1 is 1.30 bits per heavy atom. The SMILES string of the molecule is CCC1=NC(CC)(c2ccccc2Cl)C(=O)C(CC)O1. The van der Waals surface area contributed by atoms with E-state index in [1.807, 2.05) is 39.0 Å². The van der Waals surface area contributed by atoms with Crippen LogP contribution in [0.25, 0.3) is 0 Å². The number of carbonyl (C=O) groups is 1. The van der Waals surface area contributed by atoms with Gasteiger partial charge in [0.15, 0.2) is 17.5 Å². The summed E-state index contributed by atoms with van der Waals surface area (Å²) in [5.41, 5.74) is -0.121. The molecule has 0 bridgehead atoms. The summed E-state index contributed by atoms with van der Waals surface area (Å²) in [6.45, 7) is 5.90. The highest BCUT2D eigenvalue weighted by Crippen LogP contribution is 2.39. The molecule has 1 heterocycles. The molecule has 3 nitrogen and oxygen atoms in total. The van der Waals surface area contributed by atoms with Crippen molar-refractivity contribution in [3.8, 4) is 0 Å². The van der Waals surface area contributed by atoms with Gasteiger partial charge in [0.05, 0.1) is 0 Å². The number of ether oxygens (including phenoxy) is 1. The number of benzene rings is 1. The van der Waals surface area contributed by atoms with Gasteiger partial charge in [0.1, 0.15) is 0 Å². The Morgan fingerprint density at radius 3 is 2.55 bits per heavy atom. The molecule has 1 aliphatic rings. The maximum atomic E-state index is 12.8. The molecule has 2 unspecified atom stereocenters. The van der Waals surface area contributed by atoms with Crippen molar-refractivity contribution in [1.29, 1.82) is 0 Å². The second-order valence-electron chi connectivity index (χ2n) is 4.93. The molecule has 0 amide bonds. The molecule has 0 aromatic heterocycles. The lowest BCUT2D eigenvalue weighted by molar-refractivity contribution is -0.134. The molecule has 0 aliphatic carbocycles. The number of ketones is 1. The van der Waals surface area contributed by atoms with Crippen LogP contribution in [0.2, 0.25) is 5.02 Å². The van der Waals surface area contributed by atoms with Crippen LogP contribution in [0.15, 0.2) is 29.3 Å². The second-order valence-corrected chi connectivity index (χ2v) is 5.34. The molecule has 108 valence electrons. The lowest BCUT2D eigenvalue weighted by Gasteiger charge is -2.36. The van der Waals surface area contributed by atoms with E-state index < -0.39 is 11.6 Å². The van der Waals surface area contributed by atoms with Crippen LogP contribution in [0, 0.1) is 0 Å². The standard InChI is InChI=1S/C16H20ClNO2/c1-4-13-15(19)16(6-3,18-14(5-2)20-13)11-9-7-8-10-12(11)17/h7-10,13H,4-6H2,1-3H3. The summed E-state index contributed by atoms with van der Waals surface area (Å²) >= 11 is 6.31. The van der Waals surface area contributed by atoms with Crippen molar-refractivity contribution in [2.45, 2.75) is 51.7 Å². The van der Waals surface area contributed by atoms with Crippen molar-refractivity contribution in [2.75, 3.05) is 0 Å². The monoisotopic (exact) mass is 293 g/mol. The van der Waals surface area contributed by atoms with E-state index in [4.69, 9.17) is 16.3 Å². The molecule has 1 aliphatic heterocycles. The molecule has 0 N–H and O–H groups in total. The lowest BCUT2D eigenvalue weighted by Crippen LogP contribution is -2.47. The lowest BCUT2D eigenvalue weighted by atomic mass is 9.80. The van der Waals surface area contributed by atoms with E-state index in [-0.39, 0.29) is 5.78 Å². The van der Waals surface area contributed by atoms with Crippen LogP contribution in [0.4, 0.5) is 0 Å². The van der Waals surface area contributed by atoms with Crippen LogP contribution in [-0.2, 0) is 15.1 Å². The minimum Gasteiger partial charge on any atom is -0.470 e. The molecule has 0 fully saturated rings. The maximum absolute atomic E-state index is 12.8. The van der Waals surface area contributed by atoms with Crippen molar-refractivity contribution < 1.29 is 9.53 Å². The van der Waals surface area contributed by atoms with Gasteiger partial charge in [-0.1, -0.05) is 50.6 Å². The number of Topliss-reactive ketones (excluding diaryl/α,β-unsaturated/α-hetero) is 1. The Hall–Kier alpha value is -1.35. The smallest absolute Gasteiger partial charge is 0.205 e. The molecular formula is C16H20ClNO2. The van der Waals surface area contributed by atoms with E-state index in [1.54, 1.807) is 6.07 Å². The van der Waals surface area contributed by atoms with Crippen LogP contribution in [0.5, 0.6) is 0 Å². The minimum atomic E-state index is -0.900. The fourth-order valence-corrected chi connectivity index (χ4v) is 2.93. The van der Waals surface area contributed by atoms with Gasteiger partial charge in [-0.3, -0.25) is 4.79 Å². The summed E-state index contributed by atoms with van der Waals surface area (Å²) in [5.74, 6) is 0.644. The number of nitrogens with zero attached hydrogens (tertiary/aromatic N) is 1. The van der Waals surface area contributed by atoms with E-state index in [9.17, 15) is 4.79 Å². The molecule has 4 heteroatoms. The summed E-state index contributed by atoms with van der Waals surface area (Å²) in [4.78, 5) is 17.5. The number of aliphatic imine (C=N–C) groups is 1. The average Bonchev–Trinajstić information content (AvgIpc) is 2.48. The number of halogens is 1. The van der Waals surface area contributed by atoms with Crippen LogP contribution < -0.4 is 0 Å². The third-order valence-corrected chi connectivity index (χ3v) is 4.13. The number of rotatable bonds is 4. The quantitative estimate of drug-likeness (QED) is 0.837. The van der Waals surface area contributed by atoms with Crippen molar-refractivity contribution >= 4 is 23.3 Å². The van der Waals surface area contributed by atoms with Gasteiger partial charge in [-0.25, -0.2) is 4.99 Å². The van der Waals surface area contributed by atoms with E-state index in [2.05, 4.69) is 4.99 Å². The fraction of sp³-hybridized carbons (Fsp3) is 0.500. The summed E-state index contributed by atoms with van der Waals surface area (Å²) in [6, 6.07) is 7.45. The van der Waals surface area contributed by atoms with E-state index in [1.165, 1.54) is 0 Å². The van der Waals surface area contributed by atoms with Crippen LogP contribution in [-0.4, -0.2) is 17.8 Å². The van der Waals surface area contributed by atoms with Gasteiger partial charge in [0, 0.05) is 17.0 Å². The summed E-state index contributed by atoms with van der Waals surface area (Å²) < 4.78 is 5.67. The molecule has 0 spiro atoms. The third-order valence-electron chi connectivity index (χ3n) is 3.80. The number of hydrogen-bond donors (Lipinski definition) is 0. The third kappa shape index (κ3) is 2.35. The Labute approximate surface area is 125 Å². The molecule has 2 atom stereocenters. The molecule has 1 aromatic carbocycles. The predicted molar refractivity (Wildman–Crippen MR) is 81.3 cm³/mol. The first-order valence-corrected chi connectivity index (χ1v) is 7.51. The Balaban J connectivity index is 2.63. The molecule has 20 heavy (non-hydrogen) atoms. The molecule has 0 radical (unpaired) electrons. The zero-order chi connectivity index (χ0) is 14.8. The van der Waals surface area contributed by atoms with Crippen molar-refractivity contribution in [3.63, 3.8) is 0 Å². The highest BCUT2D eigenvalue weighted by molar-refractivity contribution is 6.31. The number of carbonyl (C=O) groups excluding carboxylic acids is 1. The molecular weight excluding hydrogens is 274 g/mol. The van der Waals surface area contributed by atoms with Crippen LogP contribution in [0.1, 0.15) is 45.6 Å². The van der Waals surface area contributed by atoms with E-state index >= 15 is 0 Å². The first kappa shape index (κ1) is 15.0. The van der Waals surface area contributed by atoms with Gasteiger partial charge in [-0.05, 0) is 18.9 Å². The van der Waals surface area contributed by atoms with Gasteiger partial charge in [0.2, 0.25) is 5.78 Å². The van der Waals surface area contributed by atoms with E-state index in [0.29, 0.717) is 30.2 Å². The Bertz CT molecular complexity index is 541. The molecule has 1 aromatic rings.